The zero-order valence-corrected chi connectivity index (χ0v) is 13.7. The first-order valence-electron chi connectivity index (χ1n) is 8.69. The average molecular weight is 293 g/mol. The number of nitrogens with zero attached hydrogens (tertiary/aromatic N) is 2. The van der Waals surface area contributed by atoms with Crippen LogP contribution < -0.4 is 5.32 Å². The van der Waals surface area contributed by atoms with Crippen molar-refractivity contribution in [3.05, 3.63) is 11.8 Å². The number of amides is 1. The third-order valence-corrected chi connectivity index (χ3v) is 4.68. The number of carbonyl (C=O) groups excluding carboxylic acids is 1. The van der Waals surface area contributed by atoms with Gasteiger partial charge in [0.15, 0.2) is 0 Å². The van der Waals surface area contributed by atoms with Crippen LogP contribution in [0.25, 0.3) is 0 Å². The van der Waals surface area contributed by atoms with E-state index in [0.717, 1.165) is 39.0 Å². The molecule has 2 rings (SSSR count). The number of nitrogens with one attached hydrogen (secondary N) is 1. The fourth-order valence-electron chi connectivity index (χ4n) is 3.41. The molecule has 4 nitrogen and oxygen atoms in total. The molecular weight excluding hydrogens is 262 g/mol. The lowest BCUT2D eigenvalue weighted by atomic mass is 10.0. The highest BCUT2D eigenvalue weighted by atomic mass is 16.2. The molecule has 1 atom stereocenters. The van der Waals surface area contributed by atoms with Gasteiger partial charge in [-0.25, -0.2) is 0 Å². The molecule has 0 aromatic carbocycles. The monoisotopic (exact) mass is 293 g/mol. The Kier molecular flexibility index (Phi) is 6.71. The van der Waals surface area contributed by atoms with Gasteiger partial charge in [0, 0.05) is 24.8 Å². The minimum atomic E-state index is 0.267. The summed E-state index contributed by atoms with van der Waals surface area (Å²) in [6, 6.07) is 0.562. The van der Waals surface area contributed by atoms with Crippen molar-refractivity contribution in [2.45, 2.75) is 58.4 Å². The van der Waals surface area contributed by atoms with Crippen molar-refractivity contribution in [2.24, 2.45) is 0 Å². The van der Waals surface area contributed by atoms with Crippen LogP contribution >= 0.6 is 0 Å². The van der Waals surface area contributed by atoms with Gasteiger partial charge in [0.1, 0.15) is 0 Å². The van der Waals surface area contributed by atoms with Crippen LogP contribution in [0.5, 0.6) is 0 Å². The number of carbonyl (C=O) groups is 1. The minimum Gasteiger partial charge on any atom is -0.316 e. The van der Waals surface area contributed by atoms with Gasteiger partial charge in [0.2, 0.25) is 5.91 Å². The highest BCUT2D eigenvalue weighted by Crippen LogP contribution is 2.21. The van der Waals surface area contributed by atoms with Gasteiger partial charge >= 0.3 is 0 Å². The van der Waals surface area contributed by atoms with E-state index >= 15 is 0 Å². The normalized spacial score (nSPS) is 22.4. The number of piperidine rings is 1. The maximum absolute atomic E-state index is 12.6. The van der Waals surface area contributed by atoms with Gasteiger partial charge in [-0.05, 0) is 52.1 Å². The number of hydrogen-bond donors (Lipinski definition) is 1. The maximum atomic E-state index is 12.6. The molecule has 0 aromatic rings. The molecule has 0 radical (unpaired) electrons. The van der Waals surface area contributed by atoms with Crippen molar-refractivity contribution in [3.8, 4) is 0 Å². The van der Waals surface area contributed by atoms with E-state index in [1.54, 1.807) is 0 Å². The lowest BCUT2D eigenvalue weighted by Crippen LogP contribution is -2.47. The fraction of sp³-hybridized carbons (Fsp3) is 0.824. The van der Waals surface area contributed by atoms with Crippen molar-refractivity contribution in [3.63, 3.8) is 0 Å². The first-order chi connectivity index (χ1) is 10.2. The summed E-state index contributed by atoms with van der Waals surface area (Å²) >= 11 is 0. The number of rotatable bonds is 7. The standard InChI is InChI=1S/C17H31N3O/c1-3-19(13-15-9-7-8-12-18-15)14-17(21)20(4-2)16-10-5-6-11-16/h10,15,18H,3-9,11-14H2,1-2H3. The summed E-state index contributed by atoms with van der Waals surface area (Å²) in [5, 5.41) is 3.58. The summed E-state index contributed by atoms with van der Waals surface area (Å²) in [6.07, 6.45) is 9.48. The van der Waals surface area contributed by atoms with E-state index < -0.39 is 0 Å². The smallest absolute Gasteiger partial charge is 0.240 e. The molecule has 1 aliphatic heterocycles. The maximum Gasteiger partial charge on any atom is 0.240 e. The second-order valence-corrected chi connectivity index (χ2v) is 6.20. The summed E-state index contributed by atoms with van der Waals surface area (Å²) in [7, 11) is 0. The molecule has 1 fully saturated rings. The Hall–Kier alpha value is -0.870. The Morgan fingerprint density at radius 3 is 2.71 bits per heavy atom. The molecule has 1 N–H and O–H groups in total. The Bertz CT molecular complexity index is 361. The molecule has 0 bridgehead atoms. The molecule has 1 heterocycles. The molecule has 4 heteroatoms. The van der Waals surface area contributed by atoms with Crippen molar-refractivity contribution < 1.29 is 4.79 Å². The molecule has 0 aromatic heterocycles. The Labute approximate surface area is 129 Å². The second kappa shape index (κ2) is 8.54. The van der Waals surface area contributed by atoms with Gasteiger partial charge in [0.25, 0.3) is 0 Å². The zero-order valence-electron chi connectivity index (χ0n) is 13.7. The molecule has 1 saturated heterocycles. The first-order valence-corrected chi connectivity index (χ1v) is 8.69. The molecule has 120 valence electrons. The van der Waals surface area contributed by atoms with Crippen LogP contribution in [0.1, 0.15) is 52.4 Å². The molecular formula is C17H31N3O. The van der Waals surface area contributed by atoms with Crippen molar-refractivity contribution in [1.82, 2.24) is 15.1 Å². The zero-order chi connectivity index (χ0) is 15.1. The molecule has 21 heavy (non-hydrogen) atoms. The van der Waals surface area contributed by atoms with E-state index in [-0.39, 0.29) is 5.91 Å². The van der Waals surface area contributed by atoms with Crippen LogP contribution in [-0.2, 0) is 4.79 Å². The van der Waals surface area contributed by atoms with Gasteiger partial charge in [0.05, 0.1) is 6.54 Å². The summed E-state index contributed by atoms with van der Waals surface area (Å²) in [4.78, 5) is 16.9. The van der Waals surface area contributed by atoms with Gasteiger partial charge < -0.3 is 10.2 Å². The fourth-order valence-corrected chi connectivity index (χ4v) is 3.41. The van der Waals surface area contributed by atoms with Gasteiger partial charge in [-0.3, -0.25) is 9.69 Å². The SMILES string of the molecule is CCN(CC(=O)N(CC)C1=CCCC1)CC1CCCCN1. The number of hydrogen-bond acceptors (Lipinski definition) is 3. The Balaban J connectivity index is 1.85. The van der Waals surface area contributed by atoms with E-state index in [0.29, 0.717) is 12.6 Å². The third-order valence-electron chi connectivity index (χ3n) is 4.68. The van der Waals surface area contributed by atoms with E-state index in [4.69, 9.17) is 0 Å². The molecule has 0 spiro atoms. The van der Waals surface area contributed by atoms with Gasteiger partial charge in [-0.2, -0.15) is 0 Å². The molecule has 2 aliphatic rings. The summed E-state index contributed by atoms with van der Waals surface area (Å²) in [6.45, 7) is 8.66. The Morgan fingerprint density at radius 1 is 1.29 bits per heavy atom. The summed E-state index contributed by atoms with van der Waals surface area (Å²) in [5.41, 5.74) is 1.24. The first kappa shape index (κ1) is 16.5. The van der Waals surface area contributed by atoms with Gasteiger partial charge in [-0.15, -0.1) is 0 Å². The minimum absolute atomic E-state index is 0.267. The van der Waals surface area contributed by atoms with Crippen LogP contribution in [-0.4, -0.2) is 54.5 Å². The topological polar surface area (TPSA) is 35.6 Å². The van der Waals surface area contributed by atoms with Crippen LogP contribution in [0, 0.1) is 0 Å². The molecule has 1 unspecified atom stereocenters. The lowest BCUT2D eigenvalue weighted by molar-refractivity contribution is -0.130. The van der Waals surface area contributed by atoms with Crippen LogP contribution in [0.3, 0.4) is 0 Å². The van der Waals surface area contributed by atoms with Crippen LogP contribution in [0.15, 0.2) is 11.8 Å². The van der Waals surface area contributed by atoms with Crippen molar-refractivity contribution in [2.75, 3.05) is 32.7 Å². The van der Waals surface area contributed by atoms with Crippen molar-refractivity contribution >= 4 is 5.91 Å². The predicted octanol–water partition coefficient (Wildman–Crippen LogP) is 2.37. The average Bonchev–Trinajstić information content (AvgIpc) is 3.02. The lowest BCUT2D eigenvalue weighted by Gasteiger charge is -2.31. The largest absolute Gasteiger partial charge is 0.316 e. The quantitative estimate of drug-likeness (QED) is 0.783. The molecule has 0 saturated carbocycles. The number of allylic oxidation sites excluding steroid dienone is 2. The summed E-state index contributed by atoms with van der Waals surface area (Å²) < 4.78 is 0. The van der Waals surface area contributed by atoms with E-state index in [9.17, 15) is 4.79 Å². The van der Waals surface area contributed by atoms with Crippen molar-refractivity contribution in [1.29, 1.82) is 0 Å². The molecule has 1 aliphatic carbocycles. The predicted molar refractivity (Wildman–Crippen MR) is 87.1 cm³/mol. The van der Waals surface area contributed by atoms with Crippen LogP contribution in [0.4, 0.5) is 0 Å². The molecule has 1 amide bonds. The van der Waals surface area contributed by atoms with E-state index in [1.807, 2.05) is 4.90 Å². The second-order valence-electron chi connectivity index (χ2n) is 6.20. The Morgan fingerprint density at radius 2 is 2.14 bits per heavy atom. The van der Waals surface area contributed by atoms with Gasteiger partial charge in [-0.1, -0.05) is 19.4 Å². The highest BCUT2D eigenvalue weighted by Gasteiger charge is 2.22. The highest BCUT2D eigenvalue weighted by molar-refractivity contribution is 5.80. The van der Waals surface area contributed by atoms with Crippen LogP contribution in [0.2, 0.25) is 0 Å². The number of likely N-dealkylation sites (N-methyl/N-ethyl adjacent to an activating group) is 2. The van der Waals surface area contributed by atoms with E-state index in [2.05, 4.69) is 30.1 Å². The summed E-state index contributed by atoms with van der Waals surface area (Å²) in [5.74, 6) is 0.267. The van der Waals surface area contributed by atoms with E-state index in [1.165, 1.54) is 31.4 Å². The third kappa shape index (κ3) is 4.82.